The van der Waals surface area contributed by atoms with Gasteiger partial charge in [0, 0.05) is 23.0 Å². The minimum atomic E-state index is -0.333. The van der Waals surface area contributed by atoms with Crippen molar-refractivity contribution in [3.8, 4) is 0 Å². The van der Waals surface area contributed by atoms with Crippen molar-refractivity contribution in [2.24, 2.45) is 0 Å². The van der Waals surface area contributed by atoms with Gasteiger partial charge in [0.05, 0.1) is 6.61 Å². The summed E-state index contributed by atoms with van der Waals surface area (Å²) < 4.78 is 12.6. The Kier molecular flexibility index (Phi) is 5.49. The second-order valence-electron chi connectivity index (χ2n) is 3.54. The maximum Gasteiger partial charge on any atom is 0.163 e. The molecule has 1 aromatic rings. The fraction of sp³-hybridized carbons (Fsp3) is 0.417. The highest BCUT2D eigenvalue weighted by Gasteiger charge is 2.07. The van der Waals surface area contributed by atoms with Crippen molar-refractivity contribution >= 4 is 17.5 Å². The molecule has 88 valence electrons. The minimum absolute atomic E-state index is 0.0117. The Labute approximate surface area is 98.9 Å². The van der Waals surface area contributed by atoms with E-state index in [-0.39, 0.29) is 23.5 Å². The third-order valence-corrected chi connectivity index (χ3v) is 3.31. The van der Waals surface area contributed by atoms with Gasteiger partial charge in [0.1, 0.15) is 5.82 Å². The zero-order chi connectivity index (χ0) is 12.0. The lowest BCUT2D eigenvalue weighted by Gasteiger charge is -2.06. The van der Waals surface area contributed by atoms with E-state index in [0.29, 0.717) is 17.7 Å². The predicted molar refractivity (Wildman–Crippen MR) is 64.4 cm³/mol. The molecule has 0 aliphatic carbocycles. The summed E-state index contributed by atoms with van der Waals surface area (Å²) in [5.41, 5.74) is 0.540. The van der Waals surface area contributed by atoms with E-state index in [1.165, 1.54) is 24.3 Å². The summed E-state index contributed by atoms with van der Waals surface area (Å²) >= 11 is 1.56. The number of carbonyl (C=O) groups is 1. The van der Waals surface area contributed by atoms with Crippen molar-refractivity contribution in [2.75, 3.05) is 12.4 Å². The highest BCUT2D eigenvalue weighted by Crippen LogP contribution is 2.13. The zero-order valence-electron chi connectivity index (χ0n) is 9.15. The van der Waals surface area contributed by atoms with E-state index < -0.39 is 0 Å². The fourth-order valence-electron chi connectivity index (χ4n) is 1.19. The lowest BCUT2D eigenvalue weighted by atomic mass is 10.1. The van der Waals surface area contributed by atoms with Crippen LogP contribution in [0.3, 0.4) is 0 Å². The molecule has 1 aromatic carbocycles. The van der Waals surface area contributed by atoms with E-state index in [1.54, 1.807) is 11.8 Å². The maximum atomic E-state index is 12.6. The molecule has 1 unspecified atom stereocenters. The van der Waals surface area contributed by atoms with Crippen LogP contribution >= 0.6 is 11.8 Å². The number of aliphatic hydroxyl groups is 1. The second-order valence-corrected chi connectivity index (χ2v) is 5.09. The van der Waals surface area contributed by atoms with Crippen LogP contribution in [0.25, 0.3) is 0 Å². The first-order valence-electron chi connectivity index (χ1n) is 5.14. The molecule has 0 saturated heterocycles. The highest BCUT2D eigenvalue weighted by molar-refractivity contribution is 7.99. The monoisotopic (exact) mass is 242 g/mol. The summed E-state index contributed by atoms with van der Waals surface area (Å²) in [5, 5.41) is 8.95. The number of hydrogen-bond acceptors (Lipinski definition) is 3. The summed E-state index contributed by atoms with van der Waals surface area (Å²) in [4.78, 5) is 11.6. The van der Waals surface area contributed by atoms with Crippen molar-refractivity contribution in [3.05, 3.63) is 35.6 Å². The summed E-state index contributed by atoms with van der Waals surface area (Å²) in [7, 11) is 0. The van der Waals surface area contributed by atoms with Crippen LogP contribution in [0.4, 0.5) is 4.39 Å². The van der Waals surface area contributed by atoms with E-state index in [4.69, 9.17) is 5.11 Å². The highest BCUT2D eigenvalue weighted by atomic mass is 32.2. The molecule has 16 heavy (non-hydrogen) atoms. The molecule has 4 heteroatoms. The minimum Gasteiger partial charge on any atom is -0.395 e. The quantitative estimate of drug-likeness (QED) is 0.779. The van der Waals surface area contributed by atoms with Gasteiger partial charge >= 0.3 is 0 Å². The van der Waals surface area contributed by atoms with Crippen molar-refractivity contribution in [1.29, 1.82) is 0 Å². The van der Waals surface area contributed by atoms with Gasteiger partial charge in [0.25, 0.3) is 0 Å². The molecule has 1 atom stereocenters. The molecule has 1 N–H and O–H groups in total. The van der Waals surface area contributed by atoms with E-state index in [0.717, 1.165) is 0 Å². The molecule has 0 fully saturated rings. The average Bonchev–Trinajstić information content (AvgIpc) is 2.29. The molecule has 0 amide bonds. The molecule has 0 spiro atoms. The third-order valence-electron chi connectivity index (χ3n) is 2.15. The van der Waals surface area contributed by atoms with Crippen LogP contribution in [0, 0.1) is 5.82 Å². The zero-order valence-corrected chi connectivity index (χ0v) is 9.97. The number of ketones is 1. The smallest absolute Gasteiger partial charge is 0.163 e. The van der Waals surface area contributed by atoms with Crippen LogP contribution in [0.15, 0.2) is 24.3 Å². The number of thioether (sulfide) groups is 1. The Bertz CT molecular complexity index is 337. The van der Waals surface area contributed by atoms with Gasteiger partial charge in [0.2, 0.25) is 0 Å². The van der Waals surface area contributed by atoms with Crippen LogP contribution in [0.1, 0.15) is 23.7 Å². The Hall–Kier alpha value is -0.870. The maximum absolute atomic E-state index is 12.6. The first kappa shape index (κ1) is 13.2. The number of Topliss-reactive ketones (excluding diaryl/α,β-unsaturated/α-hetero) is 1. The van der Waals surface area contributed by atoms with Crippen molar-refractivity contribution in [3.63, 3.8) is 0 Å². The standard InChI is InChI=1S/C12H15FO2S/c1-9(8-14)16-7-6-12(15)10-2-4-11(13)5-3-10/h2-5,9,14H,6-8H2,1H3. The lowest BCUT2D eigenvalue weighted by Crippen LogP contribution is -2.06. The summed E-state index contributed by atoms with van der Waals surface area (Å²) in [6.07, 6.45) is 0.417. The Morgan fingerprint density at radius 3 is 2.62 bits per heavy atom. The molecule has 0 aliphatic rings. The van der Waals surface area contributed by atoms with E-state index in [2.05, 4.69) is 0 Å². The Morgan fingerprint density at radius 1 is 1.44 bits per heavy atom. The fourth-order valence-corrected chi connectivity index (χ4v) is 2.00. The average molecular weight is 242 g/mol. The SMILES string of the molecule is CC(CO)SCCC(=O)c1ccc(F)cc1. The summed E-state index contributed by atoms with van der Waals surface area (Å²) in [5.74, 6) is 0.357. The molecule has 1 rings (SSSR count). The van der Waals surface area contributed by atoms with E-state index >= 15 is 0 Å². The van der Waals surface area contributed by atoms with E-state index in [9.17, 15) is 9.18 Å². The first-order valence-corrected chi connectivity index (χ1v) is 6.19. The van der Waals surface area contributed by atoms with Gasteiger partial charge in [-0.15, -0.1) is 0 Å². The normalized spacial score (nSPS) is 12.4. The Morgan fingerprint density at radius 2 is 2.06 bits per heavy atom. The molecule has 2 nitrogen and oxygen atoms in total. The number of halogens is 1. The molecule has 0 heterocycles. The molecule has 0 bridgehead atoms. The van der Waals surface area contributed by atoms with Gasteiger partial charge < -0.3 is 5.11 Å². The van der Waals surface area contributed by atoms with Gasteiger partial charge in [-0.3, -0.25) is 4.79 Å². The lowest BCUT2D eigenvalue weighted by molar-refractivity contribution is 0.0989. The molecule has 0 aromatic heterocycles. The molecule has 0 aliphatic heterocycles. The summed E-state index contributed by atoms with van der Waals surface area (Å²) in [6, 6.07) is 5.57. The topological polar surface area (TPSA) is 37.3 Å². The van der Waals surface area contributed by atoms with Crippen LogP contribution in [0.5, 0.6) is 0 Å². The summed E-state index contributed by atoms with van der Waals surface area (Å²) in [6.45, 7) is 2.03. The van der Waals surface area contributed by atoms with Gasteiger partial charge in [-0.05, 0) is 24.3 Å². The van der Waals surface area contributed by atoms with Gasteiger partial charge in [-0.25, -0.2) is 4.39 Å². The molecular weight excluding hydrogens is 227 g/mol. The molecule has 0 saturated carbocycles. The van der Waals surface area contributed by atoms with E-state index in [1.807, 2.05) is 6.92 Å². The van der Waals surface area contributed by atoms with Gasteiger partial charge in [0.15, 0.2) is 5.78 Å². The van der Waals surface area contributed by atoms with Crippen molar-refractivity contribution in [1.82, 2.24) is 0 Å². The van der Waals surface area contributed by atoms with Gasteiger partial charge in [-0.2, -0.15) is 11.8 Å². The third kappa shape index (κ3) is 4.33. The second kappa shape index (κ2) is 6.66. The molecule has 0 radical (unpaired) electrons. The van der Waals surface area contributed by atoms with Crippen LogP contribution in [-0.4, -0.2) is 28.5 Å². The Balaban J connectivity index is 2.38. The van der Waals surface area contributed by atoms with Crippen LogP contribution in [-0.2, 0) is 0 Å². The molecular formula is C12H15FO2S. The van der Waals surface area contributed by atoms with Gasteiger partial charge in [-0.1, -0.05) is 6.92 Å². The number of hydrogen-bond donors (Lipinski definition) is 1. The van der Waals surface area contributed by atoms with Crippen molar-refractivity contribution < 1.29 is 14.3 Å². The first-order chi connectivity index (χ1) is 7.63. The number of aliphatic hydroxyl groups excluding tert-OH is 1. The van der Waals surface area contributed by atoms with Crippen molar-refractivity contribution in [2.45, 2.75) is 18.6 Å². The van der Waals surface area contributed by atoms with Crippen LogP contribution in [0.2, 0.25) is 0 Å². The van der Waals surface area contributed by atoms with Crippen LogP contribution < -0.4 is 0 Å². The largest absolute Gasteiger partial charge is 0.395 e. The predicted octanol–water partition coefficient (Wildman–Crippen LogP) is 2.51. The number of carbonyl (C=O) groups excluding carboxylic acids is 1. The number of benzene rings is 1. The number of rotatable bonds is 6.